The molecule has 0 radical (unpaired) electrons. The van der Waals surface area contributed by atoms with Gasteiger partial charge in [0.1, 0.15) is 0 Å². The lowest BCUT2D eigenvalue weighted by molar-refractivity contribution is 0.299. The summed E-state index contributed by atoms with van der Waals surface area (Å²) in [6.45, 7) is 2.41. The molecule has 3 aromatic rings. The average molecular weight is 291 g/mol. The van der Waals surface area contributed by atoms with Crippen LogP contribution in [-0.2, 0) is 12.8 Å². The van der Waals surface area contributed by atoms with Crippen molar-refractivity contribution in [1.82, 2.24) is 4.57 Å². The zero-order valence-corrected chi connectivity index (χ0v) is 12.9. The number of benzene rings is 2. The van der Waals surface area contributed by atoms with Crippen molar-refractivity contribution < 1.29 is 5.11 Å². The number of aromatic nitrogens is 1. The van der Waals surface area contributed by atoms with E-state index in [1.165, 1.54) is 33.3 Å². The number of nitrogens with zero attached hydrogens (tertiary/aromatic N) is 1. The summed E-state index contributed by atoms with van der Waals surface area (Å²) in [5, 5.41) is 10.8. The van der Waals surface area contributed by atoms with Crippen LogP contribution in [0.4, 0.5) is 0 Å². The van der Waals surface area contributed by atoms with E-state index < -0.39 is 0 Å². The Morgan fingerprint density at radius 3 is 2.68 bits per heavy atom. The van der Waals surface area contributed by atoms with Gasteiger partial charge in [-0.05, 0) is 42.9 Å². The molecule has 0 saturated carbocycles. The molecule has 2 heteroatoms. The Hall–Kier alpha value is -2.06. The summed E-state index contributed by atoms with van der Waals surface area (Å²) in [5.41, 5.74) is 6.82. The van der Waals surface area contributed by atoms with Gasteiger partial charge in [0, 0.05) is 17.7 Å². The minimum atomic E-state index is 0.209. The number of aliphatic hydroxyl groups excluding tert-OH is 1. The van der Waals surface area contributed by atoms with Crippen molar-refractivity contribution in [2.75, 3.05) is 6.61 Å². The van der Waals surface area contributed by atoms with E-state index in [2.05, 4.69) is 60.0 Å². The predicted molar refractivity (Wildman–Crippen MR) is 90.4 cm³/mol. The summed E-state index contributed by atoms with van der Waals surface area (Å²) in [6.07, 6.45) is 3.00. The van der Waals surface area contributed by atoms with Crippen LogP contribution in [-0.4, -0.2) is 16.3 Å². The van der Waals surface area contributed by atoms with Crippen LogP contribution in [0.15, 0.2) is 48.5 Å². The van der Waals surface area contributed by atoms with Gasteiger partial charge in [-0.2, -0.15) is 0 Å². The van der Waals surface area contributed by atoms with Crippen LogP contribution >= 0.6 is 0 Å². The van der Waals surface area contributed by atoms with E-state index in [0.29, 0.717) is 6.04 Å². The smallest absolute Gasteiger partial charge is 0.0591 e. The molecule has 1 atom stereocenters. The summed E-state index contributed by atoms with van der Waals surface area (Å²) >= 11 is 0. The van der Waals surface area contributed by atoms with Gasteiger partial charge in [-0.25, -0.2) is 0 Å². The van der Waals surface area contributed by atoms with Crippen LogP contribution in [0.3, 0.4) is 0 Å². The first-order chi connectivity index (χ1) is 10.8. The molecule has 4 rings (SSSR count). The van der Waals surface area contributed by atoms with E-state index in [1.807, 2.05) is 0 Å². The molecular formula is C20H21NO. The Balaban J connectivity index is 1.99. The van der Waals surface area contributed by atoms with Crippen LogP contribution in [0, 0.1) is 6.92 Å². The average Bonchev–Trinajstić information content (AvgIpc) is 2.85. The maximum Gasteiger partial charge on any atom is 0.0591 e. The van der Waals surface area contributed by atoms with E-state index >= 15 is 0 Å². The van der Waals surface area contributed by atoms with E-state index in [4.69, 9.17) is 0 Å². The zero-order valence-electron chi connectivity index (χ0n) is 12.9. The number of aryl methyl sites for hydroxylation is 1. The monoisotopic (exact) mass is 291 g/mol. The second-order valence-electron chi connectivity index (χ2n) is 6.19. The lowest BCUT2D eigenvalue weighted by Gasteiger charge is -2.28. The number of para-hydroxylation sites is 1. The van der Waals surface area contributed by atoms with Crippen LogP contribution < -0.4 is 0 Å². The Morgan fingerprint density at radius 1 is 1.09 bits per heavy atom. The van der Waals surface area contributed by atoms with E-state index in [9.17, 15) is 5.11 Å². The van der Waals surface area contributed by atoms with Crippen molar-refractivity contribution in [2.24, 2.45) is 0 Å². The summed E-state index contributed by atoms with van der Waals surface area (Å²) in [7, 11) is 0. The standard InChI is InChI=1S/C20H21NO/c1-14-17(12-13-22)18-9-5-8-16-10-11-19(21(14)20(16)18)15-6-3-2-4-7-15/h2-9,19,22H,10-13H2,1H3. The van der Waals surface area contributed by atoms with Crippen molar-refractivity contribution in [3.63, 3.8) is 0 Å². The molecule has 2 nitrogen and oxygen atoms in total. The van der Waals surface area contributed by atoms with E-state index in [1.54, 1.807) is 0 Å². The Morgan fingerprint density at radius 2 is 1.91 bits per heavy atom. The number of rotatable bonds is 3. The molecule has 0 saturated heterocycles. The predicted octanol–water partition coefficient (Wildman–Crippen LogP) is 4.02. The number of hydrogen-bond donors (Lipinski definition) is 1. The molecule has 0 aliphatic carbocycles. The first-order valence-electron chi connectivity index (χ1n) is 8.08. The Kier molecular flexibility index (Phi) is 3.27. The van der Waals surface area contributed by atoms with E-state index in [0.717, 1.165) is 19.3 Å². The first-order valence-corrected chi connectivity index (χ1v) is 8.08. The maximum absolute atomic E-state index is 9.44. The second-order valence-corrected chi connectivity index (χ2v) is 6.19. The minimum Gasteiger partial charge on any atom is -0.396 e. The van der Waals surface area contributed by atoms with Crippen LogP contribution in [0.1, 0.15) is 34.8 Å². The molecular weight excluding hydrogens is 270 g/mol. The van der Waals surface area contributed by atoms with Crippen molar-refractivity contribution in [3.8, 4) is 0 Å². The topological polar surface area (TPSA) is 25.2 Å². The molecule has 1 aromatic heterocycles. The largest absolute Gasteiger partial charge is 0.396 e. The van der Waals surface area contributed by atoms with Crippen LogP contribution in [0.5, 0.6) is 0 Å². The highest BCUT2D eigenvalue weighted by Gasteiger charge is 2.26. The molecule has 2 heterocycles. The van der Waals surface area contributed by atoms with Crippen LogP contribution in [0.2, 0.25) is 0 Å². The molecule has 0 amide bonds. The van der Waals surface area contributed by atoms with Crippen molar-refractivity contribution in [3.05, 3.63) is 70.9 Å². The molecule has 22 heavy (non-hydrogen) atoms. The molecule has 0 bridgehead atoms. The molecule has 1 aliphatic heterocycles. The highest BCUT2D eigenvalue weighted by molar-refractivity contribution is 5.89. The van der Waals surface area contributed by atoms with Gasteiger partial charge in [0.15, 0.2) is 0 Å². The molecule has 0 fully saturated rings. The molecule has 0 spiro atoms. The third-order valence-electron chi connectivity index (χ3n) is 5.03. The van der Waals surface area contributed by atoms with Gasteiger partial charge in [-0.1, -0.05) is 48.5 Å². The fraction of sp³-hybridized carbons (Fsp3) is 0.300. The highest BCUT2D eigenvalue weighted by Crippen LogP contribution is 2.39. The number of aliphatic hydroxyl groups is 1. The minimum absolute atomic E-state index is 0.209. The fourth-order valence-electron chi connectivity index (χ4n) is 4.06. The molecule has 1 unspecified atom stereocenters. The quantitative estimate of drug-likeness (QED) is 0.774. The van der Waals surface area contributed by atoms with Gasteiger partial charge >= 0.3 is 0 Å². The third kappa shape index (κ3) is 1.91. The number of hydrogen-bond acceptors (Lipinski definition) is 1. The highest BCUT2D eigenvalue weighted by atomic mass is 16.2. The van der Waals surface area contributed by atoms with Gasteiger partial charge in [0.05, 0.1) is 11.6 Å². The van der Waals surface area contributed by atoms with Crippen LogP contribution in [0.25, 0.3) is 10.9 Å². The van der Waals surface area contributed by atoms with Gasteiger partial charge in [-0.3, -0.25) is 0 Å². The van der Waals surface area contributed by atoms with E-state index in [-0.39, 0.29) is 6.61 Å². The fourth-order valence-corrected chi connectivity index (χ4v) is 4.06. The normalized spacial score (nSPS) is 17.1. The molecule has 1 aliphatic rings. The van der Waals surface area contributed by atoms with Crippen molar-refractivity contribution in [2.45, 2.75) is 32.2 Å². The summed E-state index contributed by atoms with van der Waals surface area (Å²) in [6, 6.07) is 17.8. The Bertz CT molecular complexity index is 817. The van der Waals surface area contributed by atoms with Crippen molar-refractivity contribution >= 4 is 10.9 Å². The summed E-state index contributed by atoms with van der Waals surface area (Å²) < 4.78 is 2.51. The maximum atomic E-state index is 9.44. The molecule has 112 valence electrons. The Labute approximate surface area is 131 Å². The molecule has 2 aromatic carbocycles. The summed E-state index contributed by atoms with van der Waals surface area (Å²) in [5.74, 6) is 0. The second kappa shape index (κ2) is 5.29. The lowest BCUT2D eigenvalue weighted by atomic mass is 9.94. The van der Waals surface area contributed by atoms with Gasteiger partial charge in [-0.15, -0.1) is 0 Å². The summed E-state index contributed by atoms with van der Waals surface area (Å²) in [4.78, 5) is 0. The third-order valence-corrected chi connectivity index (χ3v) is 5.03. The SMILES string of the molecule is Cc1c(CCO)c2cccc3c2n1C(c1ccccc1)CC3. The zero-order chi connectivity index (χ0) is 15.1. The lowest BCUT2D eigenvalue weighted by Crippen LogP contribution is -2.18. The van der Waals surface area contributed by atoms with Gasteiger partial charge in [0.2, 0.25) is 0 Å². The molecule has 1 N–H and O–H groups in total. The van der Waals surface area contributed by atoms with Gasteiger partial charge < -0.3 is 9.67 Å². The van der Waals surface area contributed by atoms with Gasteiger partial charge in [0.25, 0.3) is 0 Å². The first kappa shape index (κ1) is 13.6. The van der Waals surface area contributed by atoms with Crippen molar-refractivity contribution in [1.29, 1.82) is 0 Å².